The van der Waals surface area contributed by atoms with E-state index in [1.807, 2.05) is 79.6 Å². The lowest BCUT2D eigenvalue weighted by molar-refractivity contribution is 0.0785. The molecule has 4 aromatic rings. The van der Waals surface area contributed by atoms with Crippen LogP contribution in [-0.4, -0.2) is 37.4 Å². The Labute approximate surface area is 189 Å². The molecule has 2 heterocycles. The van der Waals surface area contributed by atoms with Crippen molar-refractivity contribution >= 4 is 5.91 Å². The molecule has 0 fully saturated rings. The highest BCUT2D eigenvalue weighted by atomic mass is 16.2. The fourth-order valence-corrected chi connectivity index (χ4v) is 4.00. The summed E-state index contributed by atoms with van der Waals surface area (Å²) in [7, 11) is 1.84. The summed E-state index contributed by atoms with van der Waals surface area (Å²) in [5.74, 6) is -0.000758. The lowest BCUT2D eigenvalue weighted by Crippen LogP contribution is -2.26. The van der Waals surface area contributed by atoms with Gasteiger partial charge in [-0.3, -0.25) is 9.48 Å². The number of rotatable bonds is 6. The van der Waals surface area contributed by atoms with Crippen LogP contribution in [0.4, 0.5) is 0 Å². The molecule has 4 rings (SSSR count). The maximum Gasteiger partial charge on any atom is 0.253 e. The number of hydrogen-bond acceptors (Lipinski definition) is 3. The average Bonchev–Trinajstić information content (AvgIpc) is 3.27. The van der Waals surface area contributed by atoms with Crippen LogP contribution in [0, 0.1) is 27.7 Å². The van der Waals surface area contributed by atoms with Crippen molar-refractivity contribution in [2.45, 2.75) is 40.8 Å². The molecule has 6 nitrogen and oxygen atoms in total. The lowest BCUT2D eigenvalue weighted by Gasteiger charge is -2.18. The predicted molar refractivity (Wildman–Crippen MR) is 126 cm³/mol. The molecule has 0 saturated heterocycles. The first kappa shape index (κ1) is 21.6. The molecule has 32 heavy (non-hydrogen) atoms. The molecule has 6 heteroatoms. The molecular formula is C26H29N5O. The van der Waals surface area contributed by atoms with Crippen LogP contribution in [0.15, 0.2) is 60.7 Å². The molecule has 0 radical (unpaired) electrons. The van der Waals surface area contributed by atoms with E-state index in [2.05, 4.69) is 35.3 Å². The van der Waals surface area contributed by atoms with Gasteiger partial charge in [0.25, 0.3) is 5.91 Å². The molecular weight excluding hydrogens is 398 g/mol. The normalized spacial score (nSPS) is 11.0. The SMILES string of the molecule is Cc1cc(C)n(Cc2ccc(C(=O)N(C)Cc3cccc(-n4nc(C)cc4C)c3)cc2)n1. The smallest absolute Gasteiger partial charge is 0.253 e. The van der Waals surface area contributed by atoms with Crippen molar-refractivity contribution in [3.05, 3.63) is 100 Å². The minimum Gasteiger partial charge on any atom is -0.337 e. The Bertz CT molecular complexity index is 1250. The zero-order valence-electron chi connectivity index (χ0n) is 19.3. The molecule has 0 aliphatic heterocycles. The van der Waals surface area contributed by atoms with Gasteiger partial charge in [0.2, 0.25) is 0 Å². The summed E-state index contributed by atoms with van der Waals surface area (Å²) in [4.78, 5) is 14.7. The Morgan fingerprint density at radius 3 is 2.16 bits per heavy atom. The van der Waals surface area contributed by atoms with Crippen molar-refractivity contribution in [1.29, 1.82) is 0 Å². The first-order valence-electron chi connectivity index (χ1n) is 10.8. The van der Waals surface area contributed by atoms with E-state index in [9.17, 15) is 4.79 Å². The van der Waals surface area contributed by atoms with Gasteiger partial charge in [-0.2, -0.15) is 10.2 Å². The summed E-state index contributed by atoms with van der Waals surface area (Å²) in [6.07, 6.45) is 0. The Balaban J connectivity index is 1.44. The fourth-order valence-electron chi connectivity index (χ4n) is 4.00. The highest BCUT2D eigenvalue weighted by Gasteiger charge is 2.13. The molecule has 0 bridgehead atoms. The van der Waals surface area contributed by atoms with Gasteiger partial charge in [0.15, 0.2) is 0 Å². The van der Waals surface area contributed by atoms with E-state index in [0.29, 0.717) is 18.7 Å². The summed E-state index contributed by atoms with van der Waals surface area (Å²) in [6, 6.07) is 20.1. The van der Waals surface area contributed by atoms with Crippen LogP contribution < -0.4 is 0 Å². The standard InChI is InChI=1S/C26H29N5O/c1-18-13-20(3)30(27-18)17-22-9-11-24(12-10-22)26(32)29(5)16-23-7-6-8-25(15-23)31-21(4)14-19(2)28-31/h6-15H,16-17H2,1-5H3. The Hall–Kier alpha value is -3.67. The van der Waals surface area contributed by atoms with Gasteiger partial charge in [0.05, 0.1) is 23.6 Å². The van der Waals surface area contributed by atoms with Crippen molar-refractivity contribution < 1.29 is 4.79 Å². The van der Waals surface area contributed by atoms with E-state index in [1.165, 1.54) is 0 Å². The Morgan fingerprint density at radius 1 is 0.844 bits per heavy atom. The highest BCUT2D eigenvalue weighted by molar-refractivity contribution is 5.94. The second-order valence-corrected chi connectivity index (χ2v) is 8.45. The van der Waals surface area contributed by atoms with Gasteiger partial charge in [-0.1, -0.05) is 24.3 Å². The molecule has 2 aromatic carbocycles. The molecule has 0 atom stereocenters. The van der Waals surface area contributed by atoms with Crippen LogP contribution in [-0.2, 0) is 13.1 Å². The van der Waals surface area contributed by atoms with Crippen molar-refractivity contribution in [3.63, 3.8) is 0 Å². The average molecular weight is 428 g/mol. The second kappa shape index (κ2) is 8.83. The number of carbonyl (C=O) groups is 1. The maximum absolute atomic E-state index is 13.0. The van der Waals surface area contributed by atoms with E-state index in [0.717, 1.165) is 39.6 Å². The summed E-state index contributed by atoms with van der Waals surface area (Å²) in [6.45, 7) is 9.30. The van der Waals surface area contributed by atoms with Crippen molar-refractivity contribution in [1.82, 2.24) is 24.5 Å². The van der Waals surface area contributed by atoms with E-state index in [4.69, 9.17) is 0 Å². The Kier molecular flexibility index (Phi) is 5.95. The first-order chi connectivity index (χ1) is 15.3. The molecule has 0 N–H and O–H groups in total. The van der Waals surface area contributed by atoms with Gasteiger partial charge in [-0.05, 0) is 75.2 Å². The van der Waals surface area contributed by atoms with Gasteiger partial charge < -0.3 is 4.90 Å². The van der Waals surface area contributed by atoms with E-state index in [-0.39, 0.29) is 5.91 Å². The number of amides is 1. The summed E-state index contributed by atoms with van der Waals surface area (Å²) < 4.78 is 3.91. The summed E-state index contributed by atoms with van der Waals surface area (Å²) >= 11 is 0. The third-order valence-corrected chi connectivity index (χ3v) is 5.57. The molecule has 0 unspecified atom stereocenters. The van der Waals surface area contributed by atoms with Crippen LogP contribution in [0.3, 0.4) is 0 Å². The fraction of sp³-hybridized carbons (Fsp3) is 0.269. The molecule has 0 aliphatic rings. The lowest BCUT2D eigenvalue weighted by atomic mass is 10.1. The number of benzene rings is 2. The number of aryl methyl sites for hydroxylation is 4. The van der Waals surface area contributed by atoms with Crippen LogP contribution in [0.1, 0.15) is 44.3 Å². The molecule has 2 aromatic heterocycles. The topological polar surface area (TPSA) is 56.0 Å². The van der Waals surface area contributed by atoms with E-state index < -0.39 is 0 Å². The number of aromatic nitrogens is 4. The van der Waals surface area contributed by atoms with Crippen LogP contribution in [0.5, 0.6) is 0 Å². The van der Waals surface area contributed by atoms with E-state index >= 15 is 0 Å². The van der Waals surface area contributed by atoms with Gasteiger partial charge in [-0.25, -0.2) is 4.68 Å². The molecule has 0 spiro atoms. The summed E-state index contributed by atoms with van der Waals surface area (Å²) in [5.41, 5.74) is 8.08. The first-order valence-corrected chi connectivity index (χ1v) is 10.8. The van der Waals surface area contributed by atoms with Crippen LogP contribution in [0.2, 0.25) is 0 Å². The zero-order chi connectivity index (χ0) is 22.8. The van der Waals surface area contributed by atoms with Crippen molar-refractivity contribution in [3.8, 4) is 5.69 Å². The van der Waals surface area contributed by atoms with Crippen molar-refractivity contribution in [2.75, 3.05) is 7.05 Å². The minimum atomic E-state index is -0.000758. The Morgan fingerprint density at radius 2 is 1.53 bits per heavy atom. The van der Waals surface area contributed by atoms with Gasteiger partial charge in [0.1, 0.15) is 0 Å². The minimum absolute atomic E-state index is 0.000758. The monoisotopic (exact) mass is 427 g/mol. The molecule has 0 saturated carbocycles. The summed E-state index contributed by atoms with van der Waals surface area (Å²) in [5, 5.41) is 9.07. The maximum atomic E-state index is 13.0. The zero-order valence-corrected chi connectivity index (χ0v) is 19.3. The van der Waals surface area contributed by atoms with Gasteiger partial charge in [-0.15, -0.1) is 0 Å². The molecule has 1 amide bonds. The second-order valence-electron chi connectivity index (χ2n) is 8.45. The van der Waals surface area contributed by atoms with Gasteiger partial charge in [0, 0.05) is 30.5 Å². The largest absolute Gasteiger partial charge is 0.337 e. The van der Waals surface area contributed by atoms with Crippen LogP contribution in [0.25, 0.3) is 5.69 Å². The number of nitrogens with zero attached hydrogens (tertiary/aromatic N) is 5. The van der Waals surface area contributed by atoms with Crippen LogP contribution >= 0.6 is 0 Å². The number of hydrogen-bond donors (Lipinski definition) is 0. The van der Waals surface area contributed by atoms with Gasteiger partial charge >= 0.3 is 0 Å². The van der Waals surface area contributed by atoms with E-state index in [1.54, 1.807) is 4.90 Å². The van der Waals surface area contributed by atoms with Crippen molar-refractivity contribution in [2.24, 2.45) is 0 Å². The molecule has 0 aliphatic carbocycles. The predicted octanol–water partition coefficient (Wildman–Crippen LogP) is 4.62. The number of carbonyl (C=O) groups excluding carboxylic acids is 1. The quantitative estimate of drug-likeness (QED) is 0.451. The third-order valence-electron chi connectivity index (χ3n) is 5.57. The third kappa shape index (κ3) is 4.64. The highest BCUT2D eigenvalue weighted by Crippen LogP contribution is 2.16. The molecule has 164 valence electrons.